The van der Waals surface area contributed by atoms with Crippen LogP contribution in [0.3, 0.4) is 0 Å². The maximum atomic E-state index is 11.5. The summed E-state index contributed by atoms with van der Waals surface area (Å²) in [5.41, 5.74) is -0.0259. The molecule has 7 heteroatoms. The number of hydrogen-bond donors (Lipinski definition) is 0. The highest BCUT2D eigenvalue weighted by molar-refractivity contribution is 8.32. The van der Waals surface area contributed by atoms with E-state index in [1.54, 1.807) is 31.6 Å². The van der Waals surface area contributed by atoms with Crippen molar-refractivity contribution in [3.05, 3.63) is 11.6 Å². The van der Waals surface area contributed by atoms with Gasteiger partial charge in [0.1, 0.15) is 17.7 Å². The maximum absolute atomic E-state index is 11.5. The molecule has 0 rings (SSSR count). The van der Waals surface area contributed by atoms with E-state index in [4.69, 9.17) is 14.2 Å². The van der Waals surface area contributed by atoms with Gasteiger partial charge in [-0.25, -0.2) is 3.63 Å². The Balaban J connectivity index is 4.68. The Kier molecular flexibility index (Phi) is 6.25. The standard InChI is InChI=1S/C10H16N2O3S2/c1-4-6-17(13,14)15-16(2,3)7-5-10(8-11)9-12/h5H,4,6-7H2,1-3H3. The van der Waals surface area contributed by atoms with Gasteiger partial charge in [-0.05, 0) is 25.0 Å². The first-order chi connectivity index (χ1) is 7.76. The van der Waals surface area contributed by atoms with Crippen LogP contribution in [0.2, 0.25) is 0 Å². The molecule has 0 amide bonds. The normalized spacial score (nSPS) is 12.3. The lowest BCUT2D eigenvalue weighted by molar-refractivity contribution is 0.511. The van der Waals surface area contributed by atoms with Crippen LogP contribution in [0.5, 0.6) is 0 Å². The molecule has 0 spiro atoms. The Hall–Kier alpha value is -1.02. The molecular formula is C10H16N2O3S2. The van der Waals surface area contributed by atoms with Crippen molar-refractivity contribution in [1.82, 2.24) is 0 Å². The average Bonchev–Trinajstić information content (AvgIpc) is 2.17. The molecule has 0 aliphatic carbocycles. The summed E-state index contributed by atoms with van der Waals surface area (Å²) in [6, 6.07) is 3.44. The Morgan fingerprint density at radius 1 is 1.29 bits per heavy atom. The fourth-order valence-electron chi connectivity index (χ4n) is 0.993. The van der Waals surface area contributed by atoms with E-state index in [0.717, 1.165) is 0 Å². The Morgan fingerprint density at radius 2 is 1.82 bits per heavy atom. The molecule has 0 bridgehead atoms. The molecule has 0 N–H and O–H groups in total. The Bertz CT molecular complexity index is 451. The summed E-state index contributed by atoms with van der Waals surface area (Å²) in [5.74, 6) is 0.253. The largest absolute Gasteiger partial charge is 0.276 e. The zero-order chi connectivity index (χ0) is 13.5. The fraction of sp³-hybridized carbons (Fsp3) is 0.600. The molecule has 0 radical (unpaired) electrons. The van der Waals surface area contributed by atoms with Crippen molar-refractivity contribution in [3.63, 3.8) is 0 Å². The zero-order valence-electron chi connectivity index (χ0n) is 10.1. The summed E-state index contributed by atoms with van der Waals surface area (Å²) in [5, 5.41) is 17.1. The van der Waals surface area contributed by atoms with Crippen LogP contribution in [0.15, 0.2) is 11.6 Å². The molecule has 17 heavy (non-hydrogen) atoms. The van der Waals surface area contributed by atoms with E-state index >= 15 is 0 Å². The predicted octanol–water partition coefficient (Wildman–Crippen LogP) is 1.70. The predicted molar refractivity (Wildman–Crippen MR) is 68.8 cm³/mol. The van der Waals surface area contributed by atoms with Crippen LogP contribution >= 0.6 is 10.3 Å². The summed E-state index contributed by atoms with van der Waals surface area (Å²) in [6.45, 7) is 1.76. The fourth-order valence-corrected chi connectivity index (χ4v) is 4.80. The summed E-state index contributed by atoms with van der Waals surface area (Å²) < 4.78 is 28.1. The van der Waals surface area contributed by atoms with Gasteiger partial charge in [-0.2, -0.15) is 18.9 Å². The zero-order valence-corrected chi connectivity index (χ0v) is 11.8. The van der Waals surface area contributed by atoms with Crippen molar-refractivity contribution in [3.8, 4) is 12.1 Å². The average molecular weight is 276 g/mol. The first-order valence-electron chi connectivity index (χ1n) is 4.91. The van der Waals surface area contributed by atoms with Gasteiger partial charge in [-0.1, -0.05) is 6.92 Å². The highest BCUT2D eigenvalue weighted by Gasteiger charge is 2.21. The lowest BCUT2D eigenvalue weighted by atomic mass is 10.3. The van der Waals surface area contributed by atoms with E-state index in [1.165, 1.54) is 6.08 Å². The van der Waals surface area contributed by atoms with Gasteiger partial charge in [-0.15, -0.1) is 10.3 Å². The van der Waals surface area contributed by atoms with E-state index in [1.807, 2.05) is 0 Å². The molecule has 0 aromatic rings. The van der Waals surface area contributed by atoms with Crippen LogP contribution in [0, 0.1) is 22.7 Å². The molecule has 0 atom stereocenters. The van der Waals surface area contributed by atoms with Gasteiger partial charge in [0.15, 0.2) is 0 Å². The molecule has 0 aliphatic rings. The second-order valence-corrected chi connectivity index (χ2v) is 9.05. The van der Waals surface area contributed by atoms with Gasteiger partial charge >= 0.3 is 0 Å². The molecule has 0 heterocycles. The minimum absolute atomic E-state index is 0.0174. The highest BCUT2D eigenvalue weighted by atomic mass is 32.3. The SMILES string of the molecule is CCCS(=O)(=O)OS(C)(C)CC=C(C#N)C#N. The molecule has 0 aromatic carbocycles. The third kappa shape index (κ3) is 7.01. The first-order valence-corrected chi connectivity index (χ1v) is 9.03. The Labute approximate surface area is 104 Å². The third-order valence-electron chi connectivity index (χ3n) is 1.67. The number of nitriles is 2. The minimum Gasteiger partial charge on any atom is -0.220 e. The van der Waals surface area contributed by atoms with E-state index in [2.05, 4.69) is 0 Å². The van der Waals surface area contributed by atoms with E-state index in [9.17, 15) is 8.42 Å². The van der Waals surface area contributed by atoms with Crippen LogP contribution in [-0.2, 0) is 13.7 Å². The molecule has 0 saturated heterocycles. The molecule has 0 aromatic heterocycles. The van der Waals surface area contributed by atoms with Gasteiger partial charge in [0, 0.05) is 5.75 Å². The molecule has 0 aliphatic heterocycles. The minimum atomic E-state index is -3.51. The lowest BCUT2D eigenvalue weighted by Gasteiger charge is -2.28. The summed E-state index contributed by atoms with van der Waals surface area (Å²) in [6.07, 6.45) is 5.28. The van der Waals surface area contributed by atoms with Gasteiger partial charge in [0.05, 0.1) is 5.75 Å². The molecule has 0 unspecified atom stereocenters. The second-order valence-electron chi connectivity index (χ2n) is 3.77. The van der Waals surface area contributed by atoms with Crippen LogP contribution < -0.4 is 0 Å². The number of allylic oxidation sites excluding steroid dienone is 1. The third-order valence-corrected chi connectivity index (χ3v) is 5.85. The van der Waals surface area contributed by atoms with Crippen LogP contribution in [-0.4, -0.2) is 32.4 Å². The van der Waals surface area contributed by atoms with Crippen molar-refractivity contribution < 1.29 is 12.0 Å². The quantitative estimate of drug-likeness (QED) is 0.688. The van der Waals surface area contributed by atoms with E-state index in [0.29, 0.717) is 6.42 Å². The highest BCUT2D eigenvalue weighted by Crippen LogP contribution is 2.43. The first kappa shape index (κ1) is 16.0. The summed E-state index contributed by atoms with van der Waals surface area (Å²) in [7, 11) is -5.35. The van der Waals surface area contributed by atoms with E-state index in [-0.39, 0.29) is 17.1 Å². The number of rotatable bonds is 6. The summed E-state index contributed by atoms with van der Waals surface area (Å²) in [4.78, 5) is 0. The monoisotopic (exact) mass is 276 g/mol. The van der Waals surface area contributed by atoms with Gasteiger partial charge in [0.2, 0.25) is 0 Å². The molecular weight excluding hydrogens is 260 g/mol. The van der Waals surface area contributed by atoms with Gasteiger partial charge in [-0.3, -0.25) is 0 Å². The molecule has 0 saturated carbocycles. The number of nitrogens with zero attached hydrogens (tertiary/aromatic N) is 2. The van der Waals surface area contributed by atoms with Crippen molar-refractivity contribution in [1.29, 1.82) is 10.5 Å². The molecule has 5 nitrogen and oxygen atoms in total. The van der Waals surface area contributed by atoms with Crippen LogP contribution in [0.4, 0.5) is 0 Å². The smallest absolute Gasteiger partial charge is 0.220 e. The Morgan fingerprint density at radius 3 is 2.24 bits per heavy atom. The van der Waals surface area contributed by atoms with Crippen LogP contribution in [0.1, 0.15) is 13.3 Å². The number of hydrogen-bond acceptors (Lipinski definition) is 5. The molecule has 0 fully saturated rings. The van der Waals surface area contributed by atoms with Gasteiger partial charge in [0.25, 0.3) is 10.1 Å². The van der Waals surface area contributed by atoms with Gasteiger partial charge < -0.3 is 0 Å². The van der Waals surface area contributed by atoms with Crippen molar-refractivity contribution in [2.24, 2.45) is 0 Å². The topological polar surface area (TPSA) is 90.9 Å². The lowest BCUT2D eigenvalue weighted by Crippen LogP contribution is -2.14. The van der Waals surface area contributed by atoms with Crippen LogP contribution in [0.25, 0.3) is 0 Å². The molecule has 96 valence electrons. The van der Waals surface area contributed by atoms with Crippen molar-refractivity contribution >= 4 is 20.4 Å². The van der Waals surface area contributed by atoms with Crippen molar-refractivity contribution in [2.45, 2.75) is 13.3 Å². The maximum Gasteiger partial charge on any atom is 0.276 e. The summed E-state index contributed by atoms with van der Waals surface area (Å²) >= 11 is 0. The van der Waals surface area contributed by atoms with E-state index < -0.39 is 20.4 Å². The second kappa shape index (κ2) is 6.65. The van der Waals surface area contributed by atoms with Crippen molar-refractivity contribution in [2.75, 3.05) is 24.0 Å².